The first-order valence-corrected chi connectivity index (χ1v) is 7.29. The highest BCUT2D eigenvalue weighted by Crippen LogP contribution is 2.27. The monoisotopic (exact) mass is 297 g/mol. The number of benzene rings is 1. The van der Waals surface area contributed by atoms with E-state index in [0.717, 1.165) is 37.8 Å². The van der Waals surface area contributed by atoms with Crippen LogP contribution in [0.5, 0.6) is 5.75 Å². The van der Waals surface area contributed by atoms with Crippen molar-refractivity contribution in [2.24, 2.45) is 0 Å². The molecular formula is C15H20ClNO3. The van der Waals surface area contributed by atoms with Crippen molar-refractivity contribution < 1.29 is 14.6 Å². The van der Waals surface area contributed by atoms with E-state index in [9.17, 15) is 9.90 Å². The molecule has 1 unspecified atom stereocenters. The van der Waals surface area contributed by atoms with Gasteiger partial charge in [-0.15, -0.1) is 0 Å². The SMILES string of the molecule is COc1ccc(CN2CCCCCC2C(=O)O)cc1Cl. The maximum Gasteiger partial charge on any atom is 0.320 e. The van der Waals surface area contributed by atoms with Crippen LogP contribution < -0.4 is 4.74 Å². The van der Waals surface area contributed by atoms with Gasteiger partial charge in [-0.05, 0) is 37.1 Å². The van der Waals surface area contributed by atoms with Gasteiger partial charge in [0, 0.05) is 6.54 Å². The Morgan fingerprint density at radius 2 is 2.25 bits per heavy atom. The van der Waals surface area contributed by atoms with E-state index in [4.69, 9.17) is 16.3 Å². The quantitative estimate of drug-likeness (QED) is 0.927. The Bertz CT molecular complexity index is 478. The van der Waals surface area contributed by atoms with E-state index in [1.54, 1.807) is 7.11 Å². The van der Waals surface area contributed by atoms with E-state index in [-0.39, 0.29) is 0 Å². The number of hydrogen-bond acceptors (Lipinski definition) is 3. The Labute approximate surface area is 124 Å². The molecule has 5 heteroatoms. The van der Waals surface area contributed by atoms with Crippen LogP contribution in [0.1, 0.15) is 31.2 Å². The minimum atomic E-state index is -0.730. The predicted octanol–water partition coefficient (Wildman–Crippen LogP) is 3.18. The number of ether oxygens (including phenoxy) is 1. The zero-order valence-corrected chi connectivity index (χ0v) is 12.4. The summed E-state index contributed by atoms with van der Waals surface area (Å²) in [5, 5.41) is 9.92. The zero-order chi connectivity index (χ0) is 14.5. The number of nitrogens with zero attached hydrogens (tertiary/aromatic N) is 1. The van der Waals surface area contributed by atoms with Gasteiger partial charge in [-0.25, -0.2) is 0 Å². The molecule has 1 aliphatic rings. The molecule has 0 spiro atoms. The van der Waals surface area contributed by atoms with Gasteiger partial charge in [0.15, 0.2) is 0 Å². The first kappa shape index (κ1) is 15.1. The van der Waals surface area contributed by atoms with Gasteiger partial charge in [0.25, 0.3) is 0 Å². The Hall–Kier alpha value is -1.26. The molecule has 0 aliphatic carbocycles. The topological polar surface area (TPSA) is 49.8 Å². The van der Waals surface area contributed by atoms with Crippen LogP contribution in [0, 0.1) is 0 Å². The normalized spacial score (nSPS) is 20.4. The third-order valence-corrected chi connectivity index (χ3v) is 4.05. The Kier molecular flexibility index (Phi) is 5.26. The van der Waals surface area contributed by atoms with E-state index in [2.05, 4.69) is 0 Å². The molecule has 1 heterocycles. The lowest BCUT2D eigenvalue weighted by atomic mass is 10.1. The number of methoxy groups -OCH3 is 1. The number of carbonyl (C=O) groups is 1. The molecule has 1 atom stereocenters. The van der Waals surface area contributed by atoms with Crippen LogP contribution in [0.4, 0.5) is 0 Å². The van der Waals surface area contributed by atoms with Crippen LogP contribution >= 0.6 is 11.6 Å². The Morgan fingerprint density at radius 1 is 1.45 bits per heavy atom. The number of aliphatic carboxylic acids is 1. The maximum absolute atomic E-state index is 11.4. The Morgan fingerprint density at radius 3 is 2.90 bits per heavy atom. The van der Waals surface area contributed by atoms with Crippen molar-refractivity contribution in [1.82, 2.24) is 4.90 Å². The second-order valence-electron chi connectivity index (χ2n) is 5.14. The molecule has 1 saturated heterocycles. The number of carboxylic acid groups (broad SMARTS) is 1. The number of rotatable bonds is 4. The third-order valence-electron chi connectivity index (χ3n) is 3.75. The molecule has 2 rings (SSSR count). The molecular weight excluding hydrogens is 278 g/mol. The lowest BCUT2D eigenvalue weighted by Gasteiger charge is -2.26. The van der Waals surface area contributed by atoms with Crippen LogP contribution in [-0.2, 0) is 11.3 Å². The van der Waals surface area contributed by atoms with Gasteiger partial charge in [-0.2, -0.15) is 0 Å². The molecule has 0 bridgehead atoms. The highest BCUT2D eigenvalue weighted by molar-refractivity contribution is 6.32. The number of likely N-dealkylation sites (tertiary alicyclic amines) is 1. The average Bonchev–Trinajstić information content (AvgIpc) is 2.64. The van der Waals surface area contributed by atoms with Crippen molar-refractivity contribution in [1.29, 1.82) is 0 Å². The summed E-state index contributed by atoms with van der Waals surface area (Å²) in [6, 6.07) is 5.22. The second kappa shape index (κ2) is 6.95. The van der Waals surface area contributed by atoms with E-state index >= 15 is 0 Å². The molecule has 110 valence electrons. The average molecular weight is 298 g/mol. The van der Waals surface area contributed by atoms with Gasteiger partial charge in [-0.3, -0.25) is 9.69 Å². The summed E-state index contributed by atoms with van der Waals surface area (Å²) in [4.78, 5) is 13.4. The first-order chi connectivity index (χ1) is 9.61. The molecule has 0 aromatic heterocycles. The van der Waals surface area contributed by atoms with Crippen molar-refractivity contribution in [2.75, 3.05) is 13.7 Å². The molecule has 0 radical (unpaired) electrons. The van der Waals surface area contributed by atoms with Gasteiger partial charge in [0.1, 0.15) is 11.8 Å². The summed E-state index contributed by atoms with van der Waals surface area (Å²) in [5.74, 6) is -0.0902. The van der Waals surface area contributed by atoms with Crippen molar-refractivity contribution in [3.05, 3.63) is 28.8 Å². The minimum Gasteiger partial charge on any atom is -0.495 e. The molecule has 1 aromatic carbocycles. The van der Waals surface area contributed by atoms with Crippen LogP contribution in [0.25, 0.3) is 0 Å². The number of carboxylic acids is 1. The van der Waals surface area contributed by atoms with E-state index in [1.807, 2.05) is 23.1 Å². The molecule has 1 fully saturated rings. The Balaban J connectivity index is 2.13. The van der Waals surface area contributed by atoms with Crippen LogP contribution in [0.2, 0.25) is 5.02 Å². The fraction of sp³-hybridized carbons (Fsp3) is 0.533. The fourth-order valence-corrected chi connectivity index (χ4v) is 2.96. The molecule has 0 amide bonds. The van der Waals surface area contributed by atoms with E-state index < -0.39 is 12.0 Å². The van der Waals surface area contributed by atoms with Gasteiger partial charge in [0.05, 0.1) is 12.1 Å². The van der Waals surface area contributed by atoms with Crippen molar-refractivity contribution in [3.8, 4) is 5.75 Å². The van der Waals surface area contributed by atoms with Gasteiger partial charge < -0.3 is 9.84 Å². The van der Waals surface area contributed by atoms with E-state index in [0.29, 0.717) is 17.3 Å². The van der Waals surface area contributed by atoms with Crippen molar-refractivity contribution in [3.63, 3.8) is 0 Å². The zero-order valence-electron chi connectivity index (χ0n) is 11.6. The van der Waals surface area contributed by atoms with Crippen molar-refractivity contribution >= 4 is 17.6 Å². The second-order valence-corrected chi connectivity index (χ2v) is 5.55. The van der Waals surface area contributed by atoms with Crippen LogP contribution in [-0.4, -0.2) is 35.7 Å². The lowest BCUT2D eigenvalue weighted by Crippen LogP contribution is -2.40. The number of hydrogen-bond donors (Lipinski definition) is 1. The molecule has 4 nitrogen and oxygen atoms in total. The lowest BCUT2D eigenvalue weighted by molar-refractivity contribution is -0.143. The van der Waals surface area contributed by atoms with Gasteiger partial charge >= 0.3 is 5.97 Å². The smallest absolute Gasteiger partial charge is 0.320 e. The summed E-state index contributed by atoms with van der Waals surface area (Å²) in [6.45, 7) is 1.43. The molecule has 20 heavy (non-hydrogen) atoms. The summed E-state index contributed by atoms with van der Waals surface area (Å²) in [7, 11) is 1.58. The molecule has 0 saturated carbocycles. The van der Waals surface area contributed by atoms with Gasteiger partial charge in [0.2, 0.25) is 0 Å². The summed E-state index contributed by atoms with van der Waals surface area (Å²) in [6.07, 6.45) is 3.85. The minimum absolute atomic E-state index is 0.390. The third kappa shape index (κ3) is 3.64. The van der Waals surface area contributed by atoms with Crippen molar-refractivity contribution in [2.45, 2.75) is 38.3 Å². The summed E-state index contributed by atoms with van der Waals surface area (Å²) < 4.78 is 5.13. The van der Waals surface area contributed by atoms with Crippen LogP contribution in [0.15, 0.2) is 18.2 Å². The summed E-state index contributed by atoms with van der Waals surface area (Å²) in [5.41, 5.74) is 1.02. The highest BCUT2D eigenvalue weighted by atomic mass is 35.5. The number of halogens is 1. The largest absolute Gasteiger partial charge is 0.495 e. The standard InChI is InChI=1S/C15H20ClNO3/c1-20-14-7-6-11(9-12(14)16)10-17-8-4-2-3-5-13(17)15(18)19/h6-7,9,13H,2-5,8,10H2,1H3,(H,18,19). The van der Waals surface area contributed by atoms with E-state index in [1.165, 1.54) is 0 Å². The molecule has 1 N–H and O–H groups in total. The first-order valence-electron chi connectivity index (χ1n) is 6.91. The fourth-order valence-electron chi connectivity index (χ4n) is 2.68. The van der Waals surface area contributed by atoms with Crippen LogP contribution in [0.3, 0.4) is 0 Å². The summed E-state index contributed by atoms with van der Waals surface area (Å²) >= 11 is 6.12. The highest BCUT2D eigenvalue weighted by Gasteiger charge is 2.27. The maximum atomic E-state index is 11.4. The van der Waals surface area contributed by atoms with Gasteiger partial charge in [-0.1, -0.05) is 30.5 Å². The predicted molar refractivity (Wildman–Crippen MR) is 78.3 cm³/mol. The molecule has 1 aromatic rings. The molecule has 1 aliphatic heterocycles.